The smallest absolute Gasteiger partial charge is 0.269 e. The fourth-order valence-corrected chi connectivity index (χ4v) is 3.28. The number of carbonyl (C=O) groups excluding carboxylic acids is 1. The van der Waals surface area contributed by atoms with Crippen molar-refractivity contribution in [3.63, 3.8) is 0 Å². The van der Waals surface area contributed by atoms with Gasteiger partial charge >= 0.3 is 0 Å². The van der Waals surface area contributed by atoms with Gasteiger partial charge in [0.2, 0.25) is 5.91 Å². The number of halogens is 1. The minimum absolute atomic E-state index is 0. The highest BCUT2D eigenvalue weighted by molar-refractivity contribution is 14.0. The van der Waals surface area contributed by atoms with Crippen LogP contribution in [0.2, 0.25) is 0 Å². The van der Waals surface area contributed by atoms with E-state index in [9.17, 15) is 14.9 Å². The summed E-state index contributed by atoms with van der Waals surface area (Å²) >= 11 is 0. The second kappa shape index (κ2) is 12.6. The third-order valence-electron chi connectivity index (χ3n) is 4.89. The van der Waals surface area contributed by atoms with Crippen molar-refractivity contribution in [1.82, 2.24) is 15.5 Å². The number of rotatable bonds is 8. The average Bonchev–Trinajstić information content (AvgIpc) is 3.14. The van der Waals surface area contributed by atoms with Gasteiger partial charge in [-0.2, -0.15) is 0 Å². The molecule has 1 amide bonds. The lowest BCUT2D eigenvalue weighted by Gasteiger charge is -2.20. The van der Waals surface area contributed by atoms with E-state index in [0.717, 1.165) is 56.8 Å². The molecule has 9 heteroatoms. The molecular formula is C20H32IN5O3. The number of aryl methyl sites for hydroxylation is 1. The molecule has 2 N–H and O–H groups in total. The summed E-state index contributed by atoms with van der Waals surface area (Å²) in [5, 5.41) is 17.4. The summed E-state index contributed by atoms with van der Waals surface area (Å²) in [7, 11) is 1.75. The number of aliphatic imine (C=N–C) groups is 1. The van der Waals surface area contributed by atoms with Crippen molar-refractivity contribution in [2.45, 2.75) is 45.6 Å². The minimum Gasteiger partial charge on any atom is -0.356 e. The zero-order chi connectivity index (χ0) is 20.5. The van der Waals surface area contributed by atoms with E-state index in [-0.39, 0.29) is 52.5 Å². The van der Waals surface area contributed by atoms with E-state index in [0.29, 0.717) is 0 Å². The molecule has 0 spiro atoms. The van der Waals surface area contributed by atoms with Crippen molar-refractivity contribution in [2.24, 2.45) is 10.9 Å². The molecule has 162 valence electrons. The number of likely N-dealkylation sites (tertiary alicyclic amines) is 1. The highest BCUT2D eigenvalue weighted by Crippen LogP contribution is 2.14. The van der Waals surface area contributed by atoms with Gasteiger partial charge in [-0.1, -0.05) is 26.0 Å². The molecular weight excluding hydrogens is 485 g/mol. The second-order valence-electron chi connectivity index (χ2n) is 7.45. The SMILES string of the molecule is CN=C(NCCCCc1ccc([N+](=O)[O-])cc1)NC1CCN(C(=O)C(C)C)C1.I. The van der Waals surface area contributed by atoms with E-state index in [4.69, 9.17) is 0 Å². The summed E-state index contributed by atoms with van der Waals surface area (Å²) < 4.78 is 0. The fourth-order valence-electron chi connectivity index (χ4n) is 3.28. The number of nitrogens with zero attached hydrogens (tertiary/aromatic N) is 3. The Bertz CT molecular complexity index is 694. The summed E-state index contributed by atoms with van der Waals surface area (Å²) in [6, 6.07) is 6.96. The predicted octanol–water partition coefficient (Wildman–Crippen LogP) is 2.96. The molecule has 1 heterocycles. The molecule has 0 aliphatic carbocycles. The summed E-state index contributed by atoms with van der Waals surface area (Å²) in [4.78, 5) is 28.5. The molecule has 2 rings (SSSR count). The first-order valence-electron chi connectivity index (χ1n) is 9.90. The Morgan fingerprint density at radius 3 is 2.59 bits per heavy atom. The van der Waals surface area contributed by atoms with E-state index in [2.05, 4.69) is 15.6 Å². The number of non-ortho nitro benzene ring substituents is 1. The zero-order valence-electron chi connectivity index (χ0n) is 17.4. The highest BCUT2D eigenvalue weighted by Gasteiger charge is 2.27. The van der Waals surface area contributed by atoms with Gasteiger partial charge in [-0.3, -0.25) is 19.9 Å². The van der Waals surface area contributed by atoms with Crippen LogP contribution in [0.1, 0.15) is 38.7 Å². The van der Waals surface area contributed by atoms with Crippen LogP contribution in [0.4, 0.5) is 5.69 Å². The molecule has 0 radical (unpaired) electrons. The van der Waals surface area contributed by atoms with Gasteiger partial charge in [0.25, 0.3) is 5.69 Å². The number of nitro benzene ring substituents is 1. The maximum Gasteiger partial charge on any atom is 0.269 e. The van der Waals surface area contributed by atoms with Crippen LogP contribution in [-0.4, -0.2) is 54.4 Å². The first-order valence-corrected chi connectivity index (χ1v) is 9.90. The van der Waals surface area contributed by atoms with E-state index in [1.54, 1.807) is 19.2 Å². The quantitative estimate of drug-likeness (QED) is 0.138. The maximum absolute atomic E-state index is 12.1. The van der Waals surface area contributed by atoms with Gasteiger partial charge in [-0.15, -0.1) is 24.0 Å². The first-order chi connectivity index (χ1) is 13.4. The number of nitrogens with one attached hydrogen (secondary N) is 2. The summed E-state index contributed by atoms with van der Waals surface area (Å²) in [5.41, 5.74) is 1.23. The van der Waals surface area contributed by atoms with Crippen molar-refractivity contribution >= 4 is 41.5 Å². The third-order valence-corrected chi connectivity index (χ3v) is 4.89. The average molecular weight is 517 g/mol. The Kier molecular flexibility index (Phi) is 10.9. The molecule has 1 atom stereocenters. The minimum atomic E-state index is -0.380. The van der Waals surface area contributed by atoms with Crippen LogP contribution in [0, 0.1) is 16.0 Å². The Morgan fingerprint density at radius 1 is 1.31 bits per heavy atom. The van der Waals surface area contributed by atoms with Crippen molar-refractivity contribution in [2.75, 3.05) is 26.7 Å². The molecule has 1 aliphatic rings. The van der Waals surface area contributed by atoms with Gasteiger partial charge in [0.15, 0.2) is 5.96 Å². The Morgan fingerprint density at radius 2 is 2.00 bits per heavy atom. The Hall–Kier alpha value is -1.91. The van der Waals surface area contributed by atoms with Gasteiger partial charge in [0.05, 0.1) is 4.92 Å². The lowest BCUT2D eigenvalue weighted by atomic mass is 10.1. The summed E-state index contributed by atoms with van der Waals surface area (Å²) in [5.74, 6) is 1.00. The van der Waals surface area contributed by atoms with Crippen molar-refractivity contribution in [3.05, 3.63) is 39.9 Å². The number of carbonyl (C=O) groups is 1. The number of nitro groups is 1. The normalized spacial score (nSPS) is 16.5. The number of hydrogen-bond donors (Lipinski definition) is 2. The van der Waals surface area contributed by atoms with E-state index < -0.39 is 0 Å². The monoisotopic (exact) mass is 517 g/mol. The second-order valence-corrected chi connectivity index (χ2v) is 7.45. The van der Waals surface area contributed by atoms with E-state index in [1.807, 2.05) is 30.9 Å². The van der Waals surface area contributed by atoms with Crippen LogP contribution in [-0.2, 0) is 11.2 Å². The van der Waals surface area contributed by atoms with Gasteiger partial charge in [-0.05, 0) is 31.2 Å². The van der Waals surface area contributed by atoms with Crippen LogP contribution in [0.15, 0.2) is 29.3 Å². The lowest BCUT2D eigenvalue weighted by Crippen LogP contribution is -2.45. The maximum atomic E-state index is 12.1. The molecule has 1 aromatic carbocycles. The third kappa shape index (κ3) is 8.15. The number of guanidine groups is 1. The van der Waals surface area contributed by atoms with E-state index >= 15 is 0 Å². The van der Waals surface area contributed by atoms with Gasteiger partial charge < -0.3 is 15.5 Å². The van der Waals surface area contributed by atoms with Crippen molar-refractivity contribution in [3.8, 4) is 0 Å². The van der Waals surface area contributed by atoms with Crippen LogP contribution in [0.5, 0.6) is 0 Å². The fraction of sp³-hybridized carbons (Fsp3) is 0.600. The molecule has 1 saturated heterocycles. The van der Waals surface area contributed by atoms with Crippen LogP contribution in [0.3, 0.4) is 0 Å². The molecule has 0 aromatic heterocycles. The molecule has 1 aromatic rings. The van der Waals surface area contributed by atoms with Crippen LogP contribution in [0.25, 0.3) is 0 Å². The Balaban J connectivity index is 0.00000420. The number of benzene rings is 1. The number of unbranched alkanes of at least 4 members (excludes halogenated alkanes) is 1. The molecule has 29 heavy (non-hydrogen) atoms. The number of amides is 1. The van der Waals surface area contributed by atoms with Crippen LogP contribution < -0.4 is 10.6 Å². The van der Waals surface area contributed by atoms with E-state index in [1.165, 1.54) is 0 Å². The topological polar surface area (TPSA) is 99.9 Å². The van der Waals surface area contributed by atoms with Gasteiger partial charge in [0.1, 0.15) is 0 Å². The molecule has 1 fully saturated rings. The molecule has 0 bridgehead atoms. The Labute approximate surface area is 189 Å². The number of hydrogen-bond acceptors (Lipinski definition) is 4. The first kappa shape index (κ1) is 25.1. The summed E-state index contributed by atoms with van der Waals surface area (Å²) in [6.45, 7) is 6.17. The standard InChI is InChI=1S/C20H31N5O3.HI/c1-15(2)19(26)24-13-11-17(14-24)23-20(21-3)22-12-5-4-6-16-7-9-18(10-8-16)25(27)28;/h7-10,15,17H,4-6,11-14H2,1-3H3,(H2,21,22,23);1H. The zero-order valence-corrected chi connectivity index (χ0v) is 19.7. The largest absolute Gasteiger partial charge is 0.356 e. The van der Waals surface area contributed by atoms with Gasteiger partial charge in [-0.25, -0.2) is 0 Å². The molecule has 0 saturated carbocycles. The van der Waals surface area contributed by atoms with Crippen LogP contribution >= 0.6 is 24.0 Å². The highest BCUT2D eigenvalue weighted by atomic mass is 127. The molecule has 1 unspecified atom stereocenters. The lowest BCUT2D eigenvalue weighted by molar-refractivity contribution is -0.384. The summed E-state index contributed by atoms with van der Waals surface area (Å²) in [6.07, 6.45) is 3.78. The van der Waals surface area contributed by atoms with Gasteiger partial charge in [0, 0.05) is 50.8 Å². The molecule has 1 aliphatic heterocycles. The molecule has 8 nitrogen and oxygen atoms in total. The van der Waals surface area contributed by atoms with Crippen molar-refractivity contribution < 1.29 is 9.72 Å². The predicted molar refractivity (Wildman–Crippen MR) is 126 cm³/mol. The van der Waals surface area contributed by atoms with Crippen molar-refractivity contribution in [1.29, 1.82) is 0 Å².